The SMILES string of the molecule is N[C@@H]1CCN(CCN2C(=O)CNC2=O)C1. The molecule has 6 heteroatoms. The third-order valence-electron chi connectivity index (χ3n) is 2.89. The molecule has 3 amide bonds. The van der Waals surface area contributed by atoms with Crippen LogP contribution in [0, 0.1) is 0 Å². The van der Waals surface area contributed by atoms with Crippen LogP contribution in [0.25, 0.3) is 0 Å². The van der Waals surface area contributed by atoms with Gasteiger partial charge in [-0.15, -0.1) is 0 Å². The fourth-order valence-electron chi connectivity index (χ4n) is 1.99. The lowest BCUT2D eigenvalue weighted by atomic mass is 10.3. The van der Waals surface area contributed by atoms with E-state index in [4.69, 9.17) is 5.73 Å². The summed E-state index contributed by atoms with van der Waals surface area (Å²) >= 11 is 0. The second-order valence-electron chi connectivity index (χ2n) is 4.05. The highest BCUT2D eigenvalue weighted by molar-refractivity contribution is 6.01. The van der Waals surface area contributed by atoms with Crippen molar-refractivity contribution < 1.29 is 9.59 Å². The molecular weight excluding hydrogens is 196 g/mol. The van der Waals surface area contributed by atoms with Crippen LogP contribution in [-0.2, 0) is 4.79 Å². The normalized spacial score (nSPS) is 27.5. The molecule has 0 unspecified atom stereocenters. The van der Waals surface area contributed by atoms with E-state index in [0.717, 1.165) is 26.1 Å². The maximum absolute atomic E-state index is 11.3. The van der Waals surface area contributed by atoms with E-state index in [1.165, 1.54) is 4.90 Å². The zero-order chi connectivity index (χ0) is 10.8. The molecule has 15 heavy (non-hydrogen) atoms. The van der Waals surface area contributed by atoms with E-state index in [1.807, 2.05) is 0 Å². The lowest BCUT2D eigenvalue weighted by molar-refractivity contribution is -0.125. The molecule has 0 bridgehead atoms. The minimum Gasteiger partial charge on any atom is -0.329 e. The molecule has 0 saturated carbocycles. The molecular formula is C9H16N4O2. The van der Waals surface area contributed by atoms with Crippen LogP contribution < -0.4 is 11.1 Å². The Morgan fingerprint density at radius 2 is 2.20 bits per heavy atom. The predicted octanol–water partition coefficient (Wildman–Crippen LogP) is -1.43. The number of amides is 3. The van der Waals surface area contributed by atoms with Gasteiger partial charge in [-0.1, -0.05) is 0 Å². The zero-order valence-electron chi connectivity index (χ0n) is 8.61. The average Bonchev–Trinajstić information content (AvgIpc) is 2.73. The molecule has 0 spiro atoms. The number of urea groups is 1. The molecule has 6 nitrogen and oxygen atoms in total. The van der Waals surface area contributed by atoms with E-state index < -0.39 is 0 Å². The number of likely N-dealkylation sites (tertiary alicyclic amines) is 1. The summed E-state index contributed by atoms with van der Waals surface area (Å²) in [6.45, 7) is 3.16. The lowest BCUT2D eigenvalue weighted by Gasteiger charge is -2.18. The van der Waals surface area contributed by atoms with Crippen LogP contribution in [0.2, 0.25) is 0 Å². The van der Waals surface area contributed by atoms with E-state index in [2.05, 4.69) is 10.2 Å². The van der Waals surface area contributed by atoms with Crippen LogP contribution in [-0.4, -0.2) is 60.5 Å². The molecule has 0 aliphatic carbocycles. The maximum Gasteiger partial charge on any atom is 0.324 e. The van der Waals surface area contributed by atoms with Crippen molar-refractivity contribution in [3.8, 4) is 0 Å². The largest absolute Gasteiger partial charge is 0.329 e. The number of nitrogens with zero attached hydrogens (tertiary/aromatic N) is 2. The number of nitrogens with two attached hydrogens (primary N) is 1. The summed E-state index contributed by atoms with van der Waals surface area (Å²) in [7, 11) is 0. The molecule has 2 rings (SSSR count). The summed E-state index contributed by atoms with van der Waals surface area (Å²) in [5, 5.41) is 2.50. The Hall–Kier alpha value is -1.14. The van der Waals surface area contributed by atoms with E-state index in [0.29, 0.717) is 6.54 Å². The summed E-state index contributed by atoms with van der Waals surface area (Å²) in [5.41, 5.74) is 5.76. The van der Waals surface area contributed by atoms with Crippen molar-refractivity contribution in [2.75, 3.05) is 32.7 Å². The first-order valence-corrected chi connectivity index (χ1v) is 5.23. The standard InChI is InChI=1S/C9H16N4O2/c10-7-1-2-12(6-7)3-4-13-8(14)5-11-9(13)15/h7H,1-6,10H2,(H,11,15)/t7-/m1/s1. The molecule has 0 aromatic carbocycles. The van der Waals surface area contributed by atoms with Crippen LogP contribution in [0.15, 0.2) is 0 Å². The van der Waals surface area contributed by atoms with Crippen molar-refractivity contribution in [1.29, 1.82) is 0 Å². The number of imide groups is 1. The summed E-state index contributed by atoms with van der Waals surface area (Å²) in [5.74, 6) is -0.136. The van der Waals surface area contributed by atoms with E-state index in [-0.39, 0.29) is 24.5 Å². The van der Waals surface area contributed by atoms with E-state index in [9.17, 15) is 9.59 Å². The minimum atomic E-state index is -0.275. The fourth-order valence-corrected chi connectivity index (χ4v) is 1.99. The fraction of sp³-hybridized carbons (Fsp3) is 0.778. The van der Waals surface area contributed by atoms with Crippen LogP contribution in [0.5, 0.6) is 0 Å². The van der Waals surface area contributed by atoms with Gasteiger partial charge < -0.3 is 11.1 Å². The Kier molecular flexibility index (Phi) is 2.88. The van der Waals surface area contributed by atoms with Gasteiger partial charge >= 0.3 is 6.03 Å². The Labute approximate surface area is 88.4 Å². The van der Waals surface area contributed by atoms with Gasteiger partial charge in [0.15, 0.2) is 0 Å². The monoisotopic (exact) mass is 212 g/mol. The first-order chi connectivity index (χ1) is 7.16. The zero-order valence-corrected chi connectivity index (χ0v) is 8.61. The quantitative estimate of drug-likeness (QED) is 0.562. The molecule has 3 N–H and O–H groups in total. The summed E-state index contributed by atoms with van der Waals surface area (Å²) in [4.78, 5) is 25.9. The summed E-state index contributed by atoms with van der Waals surface area (Å²) in [6, 6.07) is -0.0309. The minimum absolute atomic E-state index is 0.136. The molecule has 2 heterocycles. The summed E-state index contributed by atoms with van der Waals surface area (Å²) in [6.07, 6.45) is 1.00. The molecule has 2 fully saturated rings. The number of carbonyl (C=O) groups is 2. The number of nitrogens with one attached hydrogen (secondary N) is 1. The molecule has 2 aliphatic rings. The Balaban J connectivity index is 1.78. The van der Waals surface area contributed by atoms with Gasteiger partial charge in [0.05, 0.1) is 6.54 Å². The highest BCUT2D eigenvalue weighted by atomic mass is 16.2. The van der Waals surface area contributed by atoms with Crippen LogP contribution in [0.4, 0.5) is 4.79 Å². The van der Waals surface area contributed by atoms with Gasteiger partial charge in [-0.25, -0.2) is 4.79 Å². The van der Waals surface area contributed by atoms with Crippen LogP contribution >= 0.6 is 0 Å². The summed E-state index contributed by atoms with van der Waals surface area (Å²) < 4.78 is 0. The molecule has 0 radical (unpaired) electrons. The van der Waals surface area contributed by atoms with E-state index in [1.54, 1.807) is 0 Å². The number of hydrogen-bond donors (Lipinski definition) is 2. The van der Waals surface area contributed by atoms with Gasteiger partial charge in [0.25, 0.3) is 0 Å². The van der Waals surface area contributed by atoms with Crippen molar-refractivity contribution in [2.45, 2.75) is 12.5 Å². The van der Waals surface area contributed by atoms with Crippen molar-refractivity contribution in [3.05, 3.63) is 0 Å². The van der Waals surface area contributed by atoms with E-state index >= 15 is 0 Å². The Bertz CT molecular complexity index is 265. The van der Waals surface area contributed by atoms with Crippen molar-refractivity contribution >= 4 is 11.9 Å². The van der Waals surface area contributed by atoms with Gasteiger partial charge in [-0.3, -0.25) is 14.6 Å². The Morgan fingerprint density at radius 3 is 2.73 bits per heavy atom. The number of rotatable bonds is 3. The highest BCUT2D eigenvalue weighted by Crippen LogP contribution is 2.07. The van der Waals surface area contributed by atoms with Crippen molar-refractivity contribution in [3.63, 3.8) is 0 Å². The molecule has 1 atom stereocenters. The number of carbonyl (C=O) groups excluding carboxylic acids is 2. The maximum atomic E-state index is 11.3. The van der Waals surface area contributed by atoms with Crippen molar-refractivity contribution in [2.24, 2.45) is 5.73 Å². The smallest absolute Gasteiger partial charge is 0.324 e. The topological polar surface area (TPSA) is 78.7 Å². The Morgan fingerprint density at radius 1 is 1.40 bits per heavy atom. The molecule has 2 saturated heterocycles. The van der Waals surface area contributed by atoms with Gasteiger partial charge in [0.2, 0.25) is 5.91 Å². The first-order valence-electron chi connectivity index (χ1n) is 5.23. The van der Waals surface area contributed by atoms with Gasteiger partial charge in [-0.2, -0.15) is 0 Å². The number of hydrogen-bond acceptors (Lipinski definition) is 4. The highest BCUT2D eigenvalue weighted by Gasteiger charge is 2.29. The third-order valence-corrected chi connectivity index (χ3v) is 2.89. The molecule has 0 aromatic rings. The molecule has 2 aliphatic heterocycles. The lowest BCUT2D eigenvalue weighted by Crippen LogP contribution is -2.38. The molecule has 84 valence electrons. The van der Waals surface area contributed by atoms with Crippen LogP contribution in [0.3, 0.4) is 0 Å². The van der Waals surface area contributed by atoms with Crippen LogP contribution in [0.1, 0.15) is 6.42 Å². The second-order valence-corrected chi connectivity index (χ2v) is 4.05. The van der Waals surface area contributed by atoms with Gasteiger partial charge in [0, 0.05) is 25.7 Å². The predicted molar refractivity (Wildman–Crippen MR) is 54.1 cm³/mol. The average molecular weight is 212 g/mol. The van der Waals surface area contributed by atoms with Gasteiger partial charge in [0.1, 0.15) is 0 Å². The van der Waals surface area contributed by atoms with Gasteiger partial charge in [-0.05, 0) is 13.0 Å². The molecule has 0 aromatic heterocycles. The first kappa shape index (κ1) is 10.4. The van der Waals surface area contributed by atoms with Crippen molar-refractivity contribution in [1.82, 2.24) is 15.1 Å². The third kappa shape index (κ3) is 2.27. The second kappa shape index (κ2) is 4.16.